The van der Waals surface area contributed by atoms with Crippen molar-refractivity contribution in [2.45, 2.75) is 38.2 Å². The van der Waals surface area contributed by atoms with E-state index in [0.717, 1.165) is 0 Å². The van der Waals surface area contributed by atoms with Crippen LogP contribution in [0, 0.1) is 18.3 Å². The Kier molecular flexibility index (Phi) is 6.14. The Bertz CT molecular complexity index is 589. The zero-order chi connectivity index (χ0) is 15.2. The van der Waals surface area contributed by atoms with Crippen molar-refractivity contribution in [2.75, 3.05) is 13.2 Å². The van der Waals surface area contributed by atoms with Gasteiger partial charge in [-0.15, -0.1) is 0 Å². The standard InChI is InChI=1S/C14H20N2O3S/c1-11(2)19-8-4-7-16-20(17,18)14-6-5-13(10-15)12(3)9-14/h5-6,9,11,16H,4,7-8H2,1-3H3. The van der Waals surface area contributed by atoms with Crippen LogP contribution in [0.3, 0.4) is 0 Å². The molecule has 0 heterocycles. The van der Waals surface area contributed by atoms with Gasteiger partial charge in [0.1, 0.15) is 0 Å². The van der Waals surface area contributed by atoms with Gasteiger partial charge >= 0.3 is 0 Å². The molecule has 0 fully saturated rings. The first kappa shape index (κ1) is 16.6. The average Bonchev–Trinajstić information content (AvgIpc) is 2.37. The Balaban J connectivity index is 2.61. The predicted octanol–water partition coefficient (Wildman–Crippen LogP) is 1.96. The monoisotopic (exact) mass is 296 g/mol. The van der Waals surface area contributed by atoms with E-state index >= 15 is 0 Å². The van der Waals surface area contributed by atoms with Crippen molar-refractivity contribution >= 4 is 10.0 Å². The molecule has 6 heteroatoms. The maximum atomic E-state index is 12.0. The van der Waals surface area contributed by atoms with E-state index in [2.05, 4.69) is 4.72 Å². The summed E-state index contributed by atoms with van der Waals surface area (Å²) in [4.78, 5) is 0.179. The van der Waals surface area contributed by atoms with Gasteiger partial charge in [-0.2, -0.15) is 5.26 Å². The second-order valence-electron chi connectivity index (χ2n) is 4.76. The molecule has 0 saturated heterocycles. The molecule has 0 aliphatic rings. The Morgan fingerprint density at radius 3 is 2.65 bits per heavy atom. The third-order valence-corrected chi connectivity index (χ3v) is 4.15. The van der Waals surface area contributed by atoms with Gasteiger partial charge in [0.05, 0.1) is 22.6 Å². The van der Waals surface area contributed by atoms with Crippen LogP contribution in [-0.4, -0.2) is 27.7 Å². The van der Waals surface area contributed by atoms with Crippen molar-refractivity contribution in [3.8, 4) is 6.07 Å². The lowest BCUT2D eigenvalue weighted by molar-refractivity contribution is 0.0778. The SMILES string of the molecule is Cc1cc(S(=O)(=O)NCCCOC(C)C)ccc1C#N. The van der Waals surface area contributed by atoms with Gasteiger partial charge in [0, 0.05) is 13.2 Å². The van der Waals surface area contributed by atoms with Gasteiger partial charge < -0.3 is 4.74 Å². The molecular weight excluding hydrogens is 276 g/mol. The van der Waals surface area contributed by atoms with E-state index in [-0.39, 0.29) is 11.0 Å². The van der Waals surface area contributed by atoms with Crippen molar-refractivity contribution in [1.82, 2.24) is 4.72 Å². The first-order valence-electron chi connectivity index (χ1n) is 6.49. The van der Waals surface area contributed by atoms with Crippen LogP contribution in [0.25, 0.3) is 0 Å². The Labute approximate surface area is 120 Å². The molecule has 1 aromatic rings. The third kappa shape index (κ3) is 4.93. The fourth-order valence-corrected chi connectivity index (χ4v) is 2.77. The number of hydrogen-bond donors (Lipinski definition) is 1. The van der Waals surface area contributed by atoms with E-state index < -0.39 is 10.0 Å². The van der Waals surface area contributed by atoms with E-state index in [9.17, 15) is 8.42 Å². The minimum absolute atomic E-state index is 0.146. The van der Waals surface area contributed by atoms with Crippen molar-refractivity contribution in [3.63, 3.8) is 0 Å². The molecule has 0 aliphatic carbocycles. The third-order valence-electron chi connectivity index (χ3n) is 2.69. The number of nitrogens with one attached hydrogen (secondary N) is 1. The highest BCUT2D eigenvalue weighted by atomic mass is 32.2. The topological polar surface area (TPSA) is 79.2 Å². The Morgan fingerprint density at radius 2 is 2.10 bits per heavy atom. The number of nitrogens with zero attached hydrogens (tertiary/aromatic N) is 1. The summed E-state index contributed by atoms with van der Waals surface area (Å²) >= 11 is 0. The summed E-state index contributed by atoms with van der Waals surface area (Å²) in [6, 6.07) is 6.48. The molecule has 0 atom stereocenters. The largest absolute Gasteiger partial charge is 0.379 e. The van der Waals surface area contributed by atoms with Crippen LogP contribution in [0.5, 0.6) is 0 Å². The van der Waals surface area contributed by atoms with E-state index in [1.165, 1.54) is 18.2 Å². The maximum Gasteiger partial charge on any atom is 0.240 e. The lowest BCUT2D eigenvalue weighted by Gasteiger charge is -2.09. The Hall–Kier alpha value is -1.42. The van der Waals surface area contributed by atoms with Gasteiger partial charge in [-0.1, -0.05) is 0 Å². The molecule has 0 unspecified atom stereocenters. The summed E-state index contributed by atoms with van der Waals surface area (Å²) in [5.41, 5.74) is 1.13. The molecule has 0 aliphatic heterocycles. The van der Waals surface area contributed by atoms with Crippen LogP contribution >= 0.6 is 0 Å². The smallest absolute Gasteiger partial charge is 0.240 e. The molecule has 0 bridgehead atoms. The van der Waals surface area contributed by atoms with Gasteiger partial charge in [0.25, 0.3) is 0 Å². The number of sulfonamides is 1. The summed E-state index contributed by atoms with van der Waals surface area (Å²) in [7, 11) is -3.52. The van der Waals surface area contributed by atoms with Gasteiger partial charge in [-0.3, -0.25) is 0 Å². The summed E-state index contributed by atoms with van der Waals surface area (Å²) in [6.45, 7) is 6.43. The van der Waals surface area contributed by atoms with Crippen molar-refractivity contribution in [1.29, 1.82) is 5.26 Å². The molecule has 1 aromatic carbocycles. The molecule has 20 heavy (non-hydrogen) atoms. The van der Waals surface area contributed by atoms with Gasteiger partial charge in [-0.05, 0) is 51.0 Å². The molecule has 0 aromatic heterocycles. The average molecular weight is 296 g/mol. The molecule has 1 rings (SSSR count). The normalized spacial score (nSPS) is 11.6. The number of rotatable bonds is 7. The van der Waals surface area contributed by atoms with Gasteiger partial charge in [0.2, 0.25) is 10.0 Å². The minimum Gasteiger partial charge on any atom is -0.379 e. The fraction of sp³-hybridized carbons (Fsp3) is 0.500. The fourth-order valence-electron chi connectivity index (χ4n) is 1.61. The van der Waals surface area contributed by atoms with E-state index in [1.807, 2.05) is 19.9 Å². The van der Waals surface area contributed by atoms with Gasteiger partial charge in [-0.25, -0.2) is 13.1 Å². The lowest BCUT2D eigenvalue weighted by atomic mass is 10.1. The molecule has 0 spiro atoms. The molecule has 0 radical (unpaired) electrons. The molecule has 110 valence electrons. The van der Waals surface area contributed by atoms with E-state index in [0.29, 0.717) is 30.7 Å². The Morgan fingerprint density at radius 1 is 1.40 bits per heavy atom. The van der Waals surface area contributed by atoms with Crippen LogP contribution in [0.4, 0.5) is 0 Å². The highest BCUT2D eigenvalue weighted by Crippen LogP contribution is 2.14. The molecule has 0 amide bonds. The molecule has 5 nitrogen and oxygen atoms in total. The van der Waals surface area contributed by atoms with Crippen LogP contribution in [0.1, 0.15) is 31.4 Å². The number of hydrogen-bond acceptors (Lipinski definition) is 4. The van der Waals surface area contributed by atoms with Crippen molar-refractivity contribution < 1.29 is 13.2 Å². The van der Waals surface area contributed by atoms with Crippen LogP contribution in [-0.2, 0) is 14.8 Å². The second-order valence-corrected chi connectivity index (χ2v) is 6.53. The zero-order valence-corrected chi connectivity index (χ0v) is 12.8. The molecular formula is C14H20N2O3S. The predicted molar refractivity (Wildman–Crippen MR) is 76.8 cm³/mol. The van der Waals surface area contributed by atoms with E-state index in [4.69, 9.17) is 10.00 Å². The van der Waals surface area contributed by atoms with E-state index in [1.54, 1.807) is 6.92 Å². The van der Waals surface area contributed by atoms with Crippen LogP contribution in [0.2, 0.25) is 0 Å². The summed E-state index contributed by atoms with van der Waals surface area (Å²) in [6.07, 6.45) is 0.764. The van der Waals surface area contributed by atoms with Crippen molar-refractivity contribution in [2.24, 2.45) is 0 Å². The summed E-state index contributed by atoms with van der Waals surface area (Å²) in [5, 5.41) is 8.83. The number of nitriles is 1. The number of aryl methyl sites for hydroxylation is 1. The highest BCUT2D eigenvalue weighted by molar-refractivity contribution is 7.89. The van der Waals surface area contributed by atoms with Crippen molar-refractivity contribution in [3.05, 3.63) is 29.3 Å². The molecule has 0 saturated carbocycles. The van der Waals surface area contributed by atoms with Gasteiger partial charge in [0.15, 0.2) is 0 Å². The summed E-state index contributed by atoms with van der Waals surface area (Å²) in [5.74, 6) is 0. The maximum absolute atomic E-state index is 12.0. The second kappa shape index (κ2) is 7.39. The lowest BCUT2D eigenvalue weighted by Crippen LogP contribution is -2.26. The number of ether oxygens (including phenoxy) is 1. The minimum atomic E-state index is -3.52. The quantitative estimate of drug-likeness (QED) is 0.780. The number of benzene rings is 1. The molecule has 1 N–H and O–H groups in total. The zero-order valence-electron chi connectivity index (χ0n) is 12.0. The summed E-state index contributed by atoms with van der Waals surface area (Å²) < 4.78 is 32.0. The first-order chi connectivity index (χ1) is 9.36. The first-order valence-corrected chi connectivity index (χ1v) is 7.97. The van der Waals surface area contributed by atoms with Crippen LogP contribution in [0.15, 0.2) is 23.1 Å². The van der Waals surface area contributed by atoms with Crippen LogP contribution < -0.4 is 4.72 Å². The highest BCUT2D eigenvalue weighted by Gasteiger charge is 2.14.